The van der Waals surface area contributed by atoms with E-state index in [2.05, 4.69) is 25.6 Å². The molecule has 3 aromatic rings. The molecule has 1 fully saturated rings. The maximum atomic E-state index is 13.3. The number of nitrogens with one attached hydrogen (secondary N) is 3. The van der Waals surface area contributed by atoms with Crippen molar-refractivity contribution in [3.63, 3.8) is 0 Å². The smallest absolute Gasteiger partial charge is 0.245 e. The molecule has 8 nitrogen and oxygen atoms in total. The third-order valence-corrected chi connectivity index (χ3v) is 5.62. The van der Waals surface area contributed by atoms with Crippen LogP contribution in [-0.2, 0) is 9.53 Å². The van der Waals surface area contributed by atoms with Crippen molar-refractivity contribution in [3.8, 4) is 0 Å². The van der Waals surface area contributed by atoms with Crippen LogP contribution in [0.4, 0.5) is 11.5 Å². The van der Waals surface area contributed by atoms with Crippen molar-refractivity contribution in [2.24, 2.45) is 0 Å². The number of halogens is 2. The van der Waals surface area contributed by atoms with Gasteiger partial charge in [0.25, 0.3) is 0 Å². The van der Waals surface area contributed by atoms with Gasteiger partial charge in [0.2, 0.25) is 5.91 Å². The highest BCUT2D eigenvalue weighted by Gasteiger charge is 2.28. The minimum atomic E-state index is -0.399. The fraction of sp³-hybridized carbons (Fsp3) is 0.381. The second kappa shape index (κ2) is 9.72. The molecule has 0 radical (unpaired) electrons. The lowest BCUT2D eigenvalue weighted by Gasteiger charge is -2.29. The Morgan fingerprint density at radius 2 is 2.13 bits per heavy atom. The number of aromatic nitrogens is 3. The molecule has 2 atom stereocenters. The minimum Gasteiger partial charge on any atom is -0.377 e. The number of ether oxygens (including phenoxy) is 1. The van der Waals surface area contributed by atoms with Gasteiger partial charge in [-0.3, -0.25) is 4.79 Å². The minimum absolute atomic E-state index is 0.00498. The summed E-state index contributed by atoms with van der Waals surface area (Å²) in [5, 5.41) is 8.62. The summed E-state index contributed by atoms with van der Waals surface area (Å²) in [5.41, 5.74) is 1.48. The number of amides is 1. The van der Waals surface area contributed by atoms with Crippen LogP contribution in [0.1, 0.15) is 13.3 Å². The van der Waals surface area contributed by atoms with Gasteiger partial charge in [-0.25, -0.2) is 9.97 Å². The Bertz CT molecular complexity index is 1040. The van der Waals surface area contributed by atoms with Crippen molar-refractivity contribution in [3.05, 3.63) is 46.8 Å². The molecular weight excluding hydrogens is 439 g/mol. The molecule has 1 aliphatic heterocycles. The SMILES string of the molecule is CC[C@@H](Nc1cc(Cl)cc(Cl)c1)C(=O)N1CCOCC(Nc2ncnc3[nH]ccc23)C1. The third-order valence-electron chi connectivity index (χ3n) is 5.18. The number of hydrogen-bond acceptors (Lipinski definition) is 6. The molecule has 1 saturated heterocycles. The van der Waals surface area contributed by atoms with E-state index in [-0.39, 0.29) is 11.9 Å². The van der Waals surface area contributed by atoms with Crippen LogP contribution in [0.15, 0.2) is 36.8 Å². The molecule has 2 aromatic heterocycles. The van der Waals surface area contributed by atoms with E-state index in [0.717, 1.165) is 11.0 Å². The van der Waals surface area contributed by atoms with Gasteiger partial charge in [0.15, 0.2) is 0 Å². The average Bonchev–Trinajstić information content (AvgIpc) is 3.11. The first-order valence-electron chi connectivity index (χ1n) is 10.2. The van der Waals surface area contributed by atoms with Gasteiger partial charge in [-0.15, -0.1) is 0 Å². The number of rotatable bonds is 6. The van der Waals surface area contributed by atoms with Crippen molar-refractivity contribution in [1.82, 2.24) is 19.9 Å². The summed E-state index contributed by atoms with van der Waals surface area (Å²) in [4.78, 5) is 26.8. The number of benzene rings is 1. The van der Waals surface area contributed by atoms with Gasteiger partial charge in [-0.2, -0.15) is 0 Å². The summed E-state index contributed by atoms with van der Waals surface area (Å²) >= 11 is 12.2. The van der Waals surface area contributed by atoms with Crippen LogP contribution in [0, 0.1) is 0 Å². The molecule has 1 aromatic carbocycles. The largest absolute Gasteiger partial charge is 0.377 e. The van der Waals surface area contributed by atoms with Crippen molar-refractivity contribution in [2.45, 2.75) is 25.4 Å². The number of H-pyrrole nitrogens is 1. The van der Waals surface area contributed by atoms with Crippen LogP contribution in [0.2, 0.25) is 10.0 Å². The van der Waals surface area contributed by atoms with Crippen LogP contribution in [0.5, 0.6) is 0 Å². The molecule has 164 valence electrons. The summed E-state index contributed by atoms with van der Waals surface area (Å²) in [6.07, 6.45) is 3.95. The Kier molecular flexibility index (Phi) is 6.80. The van der Waals surface area contributed by atoms with Gasteiger partial charge in [0.05, 0.1) is 24.6 Å². The standard InChI is InChI=1S/C21H24Cl2N6O2/c1-2-18(27-15-8-13(22)7-14(23)9-15)21(30)29-5-6-31-11-16(10-29)28-20-17-3-4-24-19(17)25-12-26-20/h3-4,7-9,12,16,18,27H,2,5-6,10-11H2,1H3,(H2,24,25,26,28)/t16?,18-/m1/s1. The second-order valence-electron chi connectivity index (χ2n) is 7.43. The highest BCUT2D eigenvalue weighted by Crippen LogP contribution is 2.24. The monoisotopic (exact) mass is 462 g/mol. The zero-order chi connectivity index (χ0) is 21.8. The summed E-state index contributed by atoms with van der Waals surface area (Å²) < 4.78 is 5.75. The summed E-state index contributed by atoms with van der Waals surface area (Å²) in [6, 6.07) is 6.60. The lowest BCUT2D eigenvalue weighted by molar-refractivity contribution is -0.132. The number of anilines is 2. The predicted octanol–water partition coefficient (Wildman–Crippen LogP) is 3.79. The first kappa shape index (κ1) is 21.7. The maximum Gasteiger partial charge on any atom is 0.245 e. The molecule has 3 heterocycles. The average molecular weight is 463 g/mol. The fourth-order valence-electron chi connectivity index (χ4n) is 3.68. The Labute approximate surface area is 190 Å². The molecule has 0 bridgehead atoms. The van der Waals surface area contributed by atoms with Crippen LogP contribution in [-0.4, -0.2) is 64.1 Å². The zero-order valence-corrected chi connectivity index (χ0v) is 18.6. The first-order valence-corrected chi connectivity index (χ1v) is 10.9. The molecular formula is C21H24Cl2N6O2. The van der Waals surface area contributed by atoms with Gasteiger partial charge in [0.1, 0.15) is 23.8 Å². The molecule has 0 aliphatic carbocycles. The van der Waals surface area contributed by atoms with Crippen molar-refractivity contribution < 1.29 is 9.53 Å². The number of aromatic amines is 1. The quantitative estimate of drug-likeness (QED) is 0.515. The Morgan fingerprint density at radius 1 is 1.32 bits per heavy atom. The number of hydrogen-bond donors (Lipinski definition) is 3. The maximum absolute atomic E-state index is 13.3. The highest BCUT2D eigenvalue weighted by molar-refractivity contribution is 6.35. The molecule has 4 rings (SSSR count). The molecule has 1 unspecified atom stereocenters. The topological polar surface area (TPSA) is 95.2 Å². The molecule has 1 amide bonds. The van der Waals surface area contributed by atoms with Gasteiger partial charge in [0, 0.05) is 35.0 Å². The molecule has 31 heavy (non-hydrogen) atoms. The van der Waals surface area contributed by atoms with E-state index in [0.29, 0.717) is 54.3 Å². The molecule has 1 aliphatic rings. The Balaban J connectivity index is 1.46. The van der Waals surface area contributed by atoms with E-state index in [1.165, 1.54) is 6.33 Å². The zero-order valence-electron chi connectivity index (χ0n) is 17.1. The van der Waals surface area contributed by atoms with E-state index in [1.54, 1.807) is 18.2 Å². The van der Waals surface area contributed by atoms with Crippen LogP contribution < -0.4 is 10.6 Å². The van der Waals surface area contributed by atoms with Crippen LogP contribution in [0.25, 0.3) is 11.0 Å². The lowest BCUT2D eigenvalue weighted by Crippen LogP contribution is -2.47. The van der Waals surface area contributed by atoms with Gasteiger partial charge >= 0.3 is 0 Å². The summed E-state index contributed by atoms with van der Waals surface area (Å²) in [7, 11) is 0. The van der Waals surface area contributed by atoms with Crippen molar-refractivity contribution in [2.75, 3.05) is 36.9 Å². The summed E-state index contributed by atoms with van der Waals surface area (Å²) in [5.74, 6) is 0.721. The predicted molar refractivity (Wildman–Crippen MR) is 123 cm³/mol. The molecule has 3 N–H and O–H groups in total. The van der Waals surface area contributed by atoms with Gasteiger partial charge < -0.3 is 25.3 Å². The van der Waals surface area contributed by atoms with Gasteiger partial charge in [-0.1, -0.05) is 30.1 Å². The van der Waals surface area contributed by atoms with E-state index in [1.807, 2.05) is 24.1 Å². The first-order chi connectivity index (χ1) is 15.0. The summed E-state index contributed by atoms with van der Waals surface area (Å²) in [6.45, 7) is 3.95. The Morgan fingerprint density at radius 3 is 2.90 bits per heavy atom. The fourth-order valence-corrected chi connectivity index (χ4v) is 4.20. The van der Waals surface area contributed by atoms with Gasteiger partial charge in [-0.05, 0) is 30.7 Å². The van der Waals surface area contributed by atoms with E-state index in [9.17, 15) is 4.79 Å². The van der Waals surface area contributed by atoms with Crippen molar-refractivity contribution in [1.29, 1.82) is 0 Å². The lowest BCUT2D eigenvalue weighted by atomic mass is 10.1. The number of nitrogens with zero attached hydrogens (tertiary/aromatic N) is 3. The van der Waals surface area contributed by atoms with Crippen LogP contribution >= 0.6 is 23.2 Å². The molecule has 0 spiro atoms. The normalized spacial score (nSPS) is 17.9. The third kappa shape index (κ3) is 5.20. The highest BCUT2D eigenvalue weighted by atomic mass is 35.5. The van der Waals surface area contributed by atoms with Crippen LogP contribution in [0.3, 0.4) is 0 Å². The van der Waals surface area contributed by atoms with E-state index in [4.69, 9.17) is 27.9 Å². The Hall–Kier alpha value is -2.55. The van der Waals surface area contributed by atoms with Crippen molar-refractivity contribution >= 4 is 51.6 Å². The number of fused-ring (bicyclic) bond motifs is 1. The number of carbonyl (C=O) groups excluding carboxylic acids is 1. The molecule has 0 saturated carbocycles. The van der Waals surface area contributed by atoms with E-state index >= 15 is 0 Å². The van der Waals surface area contributed by atoms with E-state index < -0.39 is 6.04 Å². The molecule has 10 heteroatoms. The second-order valence-corrected chi connectivity index (χ2v) is 8.30. The number of carbonyl (C=O) groups is 1.